The largest absolute Gasteiger partial charge is 0.379 e. The van der Waals surface area contributed by atoms with Gasteiger partial charge in [-0.15, -0.1) is 0 Å². The molecule has 0 aromatic rings. The molecule has 0 aliphatic rings. The van der Waals surface area contributed by atoms with E-state index in [1.54, 1.807) is 0 Å². The lowest BCUT2D eigenvalue weighted by atomic mass is 9.98. The molecule has 4 nitrogen and oxygen atoms in total. The van der Waals surface area contributed by atoms with Gasteiger partial charge < -0.3 is 9.47 Å². The molecule has 0 saturated carbocycles. The van der Waals surface area contributed by atoms with Crippen LogP contribution in [0.3, 0.4) is 0 Å². The number of nitrogens with one attached hydrogen (secondary N) is 1. The first-order chi connectivity index (χ1) is 8.58. The molecular weight excluding hydrogens is 228 g/mol. The summed E-state index contributed by atoms with van der Waals surface area (Å²) < 4.78 is 10.9. The third-order valence-electron chi connectivity index (χ3n) is 2.79. The van der Waals surface area contributed by atoms with E-state index < -0.39 is 5.54 Å². The fourth-order valence-electron chi connectivity index (χ4n) is 1.63. The second-order valence-electron chi connectivity index (χ2n) is 4.82. The van der Waals surface area contributed by atoms with Crippen molar-refractivity contribution in [1.29, 1.82) is 5.26 Å². The van der Waals surface area contributed by atoms with Crippen LogP contribution in [-0.4, -0.2) is 38.0 Å². The van der Waals surface area contributed by atoms with E-state index in [0.717, 1.165) is 32.4 Å². The van der Waals surface area contributed by atoms with E-state index in [1.165, 1.54) is 0 Å². The zero-order valence-electron chi connectivity index (χ0n) is 12.3. The molecule has 0 amide bonds. The molecule has 0 rings (SSSR count). The van der Waals surface area contributed by atoms with Crippen molar-refractivity contribution in [3.05, 3.63) is 0 Å². The zero-order chi connectivity index (χ0) is 13.9. The Bertz CT molecular complexity index is 240. The minimum atomic E-state index is -0.428. The monoisotopic (exact) mass is 256 g/mol. The molecule has 0 bridgehead atoms. The smallest absolute Gasteiger partial charge is 0.104 e. The maximum absolute atomic E-state index is 9.16. The lowest BCUT2D eigenvalue weighted by Crippen LogP contribution is -2.41. The van der Waals surface area contributed by atoms with Crippen LogP contribution in [0, 0.1) is 11.3 Å². The first kappa shape index (κ1) is 17.4. The summed E-state index contributed by atoms with van der Waals surface area (Å²) in [6.45, 7) is 11.0. The van der Waals surface area contributed by atoms with Gasteiger partial charge in [0, 0.05) is 13.2 Å². The first-order valence-corrected chi connectivity index (χ1v) is 6.93. The van der Waals surface area contributed by atoms with Crippen LogP contribution in [0.25, 0.3) is 0 Å². The van der Waals surface area contributed by atoms with Crippen LogP contribution < -0.4 is 5.32 Å². The van der Waals surface area contributed by atoms with Gasteiger partial charge in [0.25, 0.3) is 0 Å². The van der Waals surface area contributed by atoms with Crippen LogP contribution in [0.2, 0.25) is 0 Å². The maximum Gasteiger partial charge on any atom is 0.104 e. The van der Waals surface area contributed by atoms with E-state index in [4.69, 9.17) is 14.7 Å². The first-order valence-electron chi connectivity index (χ1n) is 6.93. The third-order valence-corrected chi connectivity index (χ3v) is 2.79. The SMILES string of the molecule is CCCNC(C)(C#N)CCCOC(C)COCC. The Morgan fingerprint density at radius 1 is 1.39 bits per heavy atom. The Hall–Kier alpha value is -0.630. The molecule has 0 aromatic heterocycles. The minimum Gasteiger partial charge on any atom is -0.379 e. The fourth-order valence-corrected chi connectivity index (χ4v) is 1.63. The number of ether oxygens (including phenoxy) is 2. The second-order valence-corrected chi connectivity index (χ2v) is 4.82. The summed E-state index contributed by atoms with van der Waals surface area (Å²) in [6, 6.07) is 2.34. The molecule has 4 heteroatoms. The molecular formula is C14H28N2O2. The molecule has 0 aliphatic heterocycles. The van der Waals surface area contributed by atoms with E-state index >= 15 is 0 Å². The molecule has 0 aliphatic carbocycles. The summed E-state index contributed by atoms with van der Waals surface area (Å²) in [4.78, 5) is 0. The van der Waals surface area contributed by atoms with Gasteiger partial charge >= 0.3 is 0 Å². The van der Waals surface area contributed by atoms with Crippen LogP contribution in [0.1, 0.15) is 47.0 Å². The van der Waals surface area contributed by atoms with Crippen molar-refractivity contribution in [2.75, 3.05) is 26.4 Å². The lowest BCUT2D eigenvalue weighted by Gasteiger charge is -2.23. The van der Waals surface area contributed by atoms with Gasteiger partial charge in [0.15, 0.2) is 0 Å². The highest BCUT2D eigenvalue weighted by atomic mass is 16.5. The Labute approximate surface area is 112 Å². The van der Waals surface area contributed by atoms with Crippen molar-refractivity contribution in [3.8, 4) is 6.07 Å². The molecule has 0 aromatic carbocycles. The van der Waals surface area contributed by atoms with Crippen molar-refractivity contribution in [2.45, 2.75) is 58.6 Å². The summed E-state index contributed by atoms with van der Waals surface area (Å²) in [5.41, 5.74) is -0.428. The van der Waals surface area contributed by atoms with Gasteiger partial charge in [0.1, 0.15) is 5.54 Å². The molecule has 106 valence electrons. The number of hydrogen-bond acceptors (Lipinski definition) is 4. The van der Waals surface area contributed by atoms with E-state index in [9.17, 15) is 0 Å². The number of nitriles is 1. The van der Waals surface area contributed by atoms with E-state index in [1.807, 2.05) is 20.8 Å². The summed E-state index contributed by atoms with van der Waals surface area (Å²) in [5.74, 6) is 0. The molecule has 0 heterocycles. The van der Waals surface area contributed by atoms with Gasteiger partial charge in [0.2, 0.25) is 0 Å². The summed E-state index contributed by atoms with van der Waals surface area (Å²) in [6.07, 6.45) is 2.86. The molecule has 0 spiro atoms. The molecule has 2 unspecified atom stereocenters. The highest BCUT2D eigenvalue weighted by Gasteiger charge is 2.21. The van der Waals surface area contributed by atoms with Crippen LogP contribution in [0.4, 0.5) is 0 Å². The van der Waals surface area contributed by atoms with Gasteiger partial charge in [-0.1, -0.05) is 6.92 Å². The standard InChI is InChI=1S/C14H28N2O2/c1-5-9-16-14(4,12-15)8-7-10-18-13(3)11-17-6-2/h13,16H,5-11H2,1-4H3. The van der Waals surface area contributed by atoms with Crippen molar-refractivity contribution in [3.63, 3.8) is 0 Å². The highest BCUT2D eigenvalue weighted by Crippen LogP contribution is 2.11. The predicted molar refractivity (Wildman–Crippen MR) is 73.5 cm³/mol. The van der Waals surface area contributed by atoms with Gasteiger partial charge in [-0.25, -0.2) is 0 Å². The molecule has 1 N–H and O–H groups in total. The Morgan fingerprint density at radius 2 is 2.11 bits per heavy atom. The quantitative estimate of drug-likeness (QED) is 0.577. The molecule has 0 radical (unpaired) electrons. The zero-order valence-corrected chi connectivity index (χ0v) is 12.3. The fraction of sp³-hybridized carbons (Fsp3) is 0.929. The third kappa shape index (κ3) is 8.46. The number of nitrogens with zero attached hydrogens (tertiary/aromatic N) is 1. The molecule has 0 fully saturated rings. The van der Waals surface area contributed by atoms with Crippen LogP contribution >= 0.6 is 0 Å². The topological polar surface area (TPSA) is 54.3 Å². The Kier molecular flexibility index (Phi) is 9.95. The van der Waals surface area contributed by atoms with Gasteiger partial charge in [-0.2, -0.15) is 5.26 Å². The van der Waals surface area contributed by atoms with E-state index in [2.05, 4.69) is 18.3 Å². The average Bonchev–Trinajstić information content (AvgIpc) is 2.39. The Morgan fingerprint density at radius 3 is 2.67 bits per heavy atom. The van der Waals surface area contributed by atoms with Crippen molar-refractivity contribution >= 4 is 0 Å². The summed E-state index contributed by atoms with van der Waals surface area (Å²) in [7, 11) is 0. The number of rotatable bonds is 11. The Balaban J connectivity index is 3.71. The summed E-state index contributed by atoms with van der Waals surface area (Å²) in [5, 5.41) is 12.4. The maximum atomic E-state index is 9.16. The second kappa shape index (κ2) is 10.3. The highest BCUT2D eigenvalue weighted by molar-refractivity contribution is 5.03. The van der Waals surface area contributed by atoms with Gasteiger partial charge in [-0.3, -0.25) is 5.32 Å². The average molecular weight is 256 g/mol. The minimum absolute atomic E-state index is 0.127. The normalized spacial score (nSPS) is 15.9. The van der Waals surface area contributed by atoms with E-state index in [-0.39, 0.29) is 6.10 Å². The van der Waals surface area contributed by atoms with Crippen molar-refractivity contribution in [1.82, 2.24) is 5.32 Å². The molecule has 0 saturated heterocycles. The lowest BCUT2D eigenvalue weighted by molar-refractivity contribution is -0.00543. The van der Waals surface area contributed by atoms with Crippen LogP contribution in [0.15, 0.2) is 0 Å². The van der Waals surface area contributed by atoms with Crippen molar-refractivity contribution < 1.29 is 9.47 Å². The van der Waals surface area contributed by atoms with Crippen LogP contribution in [-0.2, 0) is 9.47 Å². The predicted octanol–water partition coefficient (Wildman–Crippen LogP) is 2.49. The number of hydrogen-bond donors (Lipinski definition) is 1. The van der Waals surface area contributed by atoms with Crippen molar-refractivity contribution in [2.24, 2.45) is 0 Å². The van der Waals surface area contributed by atoms with Crippen LogP contribution in [0.5, 0.6) is 0 Å². The molecule has 2 atom stereocenters. The van der Waals surface area contributed by atoms with E-state index in [0.29, 0.717) is 13.2 Å². The van der Waals surface area contributed by atoms with Gasteiger partial charge in [0.05, 0.1) is 18.8 Å². The van der Waals surface area contributed by atoms with Gasteiger partial charge in [-0.05, 0) is 46.6 Å². The molecule has 18 heavy (non-hydrogen) atoms. The summed E-state index contributed by atoms with van der Waals surface area (Å²) >= 11 is 0.